The topological polar surface area (TPSA) is 66.8 Å². The van der Waals surface area contributed by atoms with E-state index in [9.17, 15) is 9.59 Å². The standard InChI is InChI=1S/C10H17NO4/c1-3-15-10(14)11-5-4-7(2)6-8(11)9(12)13/h7-8H,3-6H2,1-2H3,(H,12,13). The molecule has 1 saturated heterocycles. The van der Waals surface area contributed by atoms with Crippen LogP contribution in [0.15, 0.2) is 0 Å². The number of rotatable bonds is 2. The number of hydrogen-bond donors (Lipinski definition) is 1. The molecule has 1 heterocycles. The van der Waals surface area contributed by atoms with E-state index >= 15 is 0 Å². The van der Waals surface area contributed by atoms with Crippen molar-refractivity contribution in [2.24, 2.45) is 5.92 Å². The lowest BCUT2D eigenvalue weighted by Crippen LogP contribution is -2.49. The molecule has 1 amide bonds. The van der Waals surface area contributed by atoms with Crippen LogP contribution >= 0.6 is 0 Å². The van der Waals surface area contributed by atoms with Crippen molar-refractivity contribution in [1.29, 1.82) is 0 Å². The summed E-state index contributed by atoms with van der Waals surface area (Å²) >= 11 is 0. The number of carbonyl (C=O) groups is 2. The van der Waals surface area contributed by atoms with Crippen LogP contribution in [0.3, 0.4) is 0 Å². The van der Waals surface area contributed by atoms with Crippen LogP contribution in [0.5, 0.6) is 0 Å². The number of likely N-dealkylation sites (tertiary alicyclic amines) is 1. The second kappa shape index (κ2) is 5.00. The van der Waals surface area contributed by atoms with Gasteiger partial charge in [-0.15, -0.1) is 0 Å². The molecule has 0 radical (unpaired) electrons. The predicted octanol–water partition coefficient (Wildman–Crippen LogP) is 1.33. The van der Waals surface area contributed by atoms with Crippen molar-refractivity contribution < 1.29 is 19.4 Å². The van der Waals surface area contributed by atoms with Gasteiger partial charge in [0, 0.05) is 6.54 Å². The number of hydrogen-bond acceptors (Lipinski definition) is 3. The Bertz CT molecular complexity index is 254. The lowest BCUT2D eigenvalue weighted by atomic mass is 9.93. The Morgan fingerprint density at radius 2 is 2.20 bits per heavy atom. The van der Waals surface area contributed by atoms with Crippen LogP contribution in [0.25, 0.3) is 0 Å². The first-order valence-corrected chi connectivity index (χ1v) is 5.22. The number of ether oxygens (including phenoxy) is 1. The first kappa shape index (κ1) is 11.8. The molecule has 5 nitrogen and oxygen atoms in total. The zero-order valence-electron chi connectivity index (χ0n) is 9.10. The molecular formula is C10H17NO4. The Balaban J connectivity index is 2.68. The molecule has 0 aromatic carbocycles. The van der Waals surface area contributed by atoms with Gasteiger partial charge < -0.3 is 9.84 Å². The van der Waals surface area contributed by atoms with Crippen molar-refractivity contribution in [2.75, 3.05) is 13.2 Å². The molecule has 0 spiro atoms. The molecule has 2 atom stereocenters. The summed E-state index contributed by atoms with van der Waals surface area (Å²) in [5, 5.41) is 8.99. The van der Waals surface area contributed by atoms with Gasteiger partial charge in [-0.05, 0) is 25.7 Å². The highest BCUT2D eigenvalue weighted by atomic mass is 16.6. The lowest BCUT2D eigenvalue weighted by molar-refractivity contribution is -0.144. The zero-order chi connectivity index (χ0) is 11.4. The molecule has 86 valence electrons. The molecule has 1 fully saturated rings. The second-order valence-corrected chi connectivity index (χ2v) is 3.88. The lowest BCUT2D eigenvalue weighted by Gasteiger charge is -2.34. The number of aliphatic carboxylic acids is 1. The third-order valence-electron chi connectivity index (χ3n) is 2.65. The van der Waals surface area contributed by atoms with Gasteiger partial charge in [-0.1, -0.05) is 6.92 Å². The molecule has 1 aliphatic heterocycles. The van der Waals surface area contributed by atoms with Gasteiger partial charge in [0.1, 0.15) is 6.04 Å². The van der Waals surface area contributed by atoms with Gasteiger partial charge >= 0.3 is 12.1 Å². The molecule has 1 rings (SSSR count). The number of amides is 1. The van der Waals surface area contributed by atoms with Gasteiger partial charge in [0.2, 0.25) is 0 Å². The number of carbonyl (C=O) groups excluding carboxylic acids is 1. The van der Waals surface area contributed by atoms with E-state index in [0.29, 0.717) is 18.9 Å². The van der Waals surface area contributed by atoms with E-state index in [0.717, 1.165) is 6.42 Å². The molecule has 0 aromatic rings. The largest absolute Gasteiger partial charge is 0.480 e. The van der Waals surface area contributed by atoms with E-state index in [4.69, 9.17) is 9.84 Å². The van der Waals surface area contributed by atoms with Crippen LogP contribution in [0.4, 0.5) is 4.79 Å². The molecule has 0 aromatic heterocycles. The van der Waals surface area contributed by atoms with Crippen LogP contribution in [0.1, 0.15) is 26.7 Å². The maximum atomic E-state index is 11.5. The van der Waals surface area contributed by atoms with Crippen LogP contribution in [0.2, 0.25) is 0 Å². The van der Waals surface area contributed by atoms with E-state index in [2.05, 4.69) is 0 Å². The van der Waals surface area contributed by atoms with E-state index in [1.54, 1.807) is 6.92 Å². The normalized spacial score (nSPS) is 26.1. The Labute approximate surface area is 89.0 Å². The maximum Gasteiger partial charge on any atom is 0.410 e. The number of carboxylic acid groups (broad SMARTS) is 1. The van der Waals surface area contributed by atoms with Crippen LogP contribution in [-0.4, -0.2) is 41.3 Å². The van der Waals surface area contributed by atoms with E-state index in [-0.39, 0.29) is 6.61 Å². The third-order valence-corrected chi connectivity index (χ3v) is 2.65. The van der Waals surface area contributed by atoms with Crippen molar-refractivity contribution in [3.8, 4) is 0 Å². The number of carboxylic acids is 1. The average molecular weight is 215 g/mol. The van der Waals surface area contributed by atoms with E-state index in [1.807, 2.05) is 6.92 Å². The highest BCUT2D eigenvalue weighted by molar-refractivity contribution is 5.80. The van der Waals surface area contributed by atoms with Crippen molar-refractivity contribution in [1.82, 2.24) is 4.90 Å². The minimum absolute atomic E-state index is 0.275. The molecule has 0 bridgehead atoms. The van der Waals surface area contributed by atoms with Crippen molar-refractivity contribution in [2.45, 2.75) is 32.7 Å². The Morgan fingerprint density at radius 3 is 2.73 bits per heavy atom. The van der Waals surface area contributed by atoms with Gasteiger partial charge in [0.15, 0.2) is 0 Å². The molecule has 2 unspecified atom stereocenters. The van der Waals surface area contributed by atoms with Crippen LogP contribution in [-0.2, 0) is 9.53 Å². The Kier molecular flexibility index (Phi) is 3.94. The average Bonchev–Trinajstić information content (AvgIpc) is 2.17. The van der Waals surface area contributed by atoms with Crippen LogP contribution < -0.4 is 0 Å². The van der Waals surface area contributed by atoms with Crippen molar-refractivity contribution in [3.05, 3.63) is 0 Å². The first-order valence-electron chi connectivity index (χ1n) is 5.22. The summed E-state index contributed by atoms with van der Waals surface area (Å²) in [5.41, 5.74) is 0. The summed E-state index contributed by atoms with van der Waals surface area (Å²) < 4.78 is 4.82. The summed E-state index contributed by atoms with van der Waals surface area (Å²) in [4.78, 5) is 23.7. The fourth-order valence-corrected chi connectivity index (χ4v) is 1.80. The minimum atomic E-state index is -0.949. The fraction of sp³-hybridized carbons (Fsp3) is 0.800. The summed E-state index contributed by atoms with van der Waals surface area (Å²) in [6.07, 6.45) is 0.827. The molecule has 1 aliphatic rings. The molecular weight excluding hydrogens is 198 g/mol. The quantitative estimate of drug-likeness (QED) is 0.754. The van der Waals surface area contributed by atoms with Gasteiger partial charge in [-0.25, -0.2) is 9.59 Å². The van der Waals surface area contributed by atoms with Gasteiger partial charge in [0.25, 0.3) is 0 Å². The van der Waals surface area contributed by atoms with Crippen molar-refractivity contribution in [3.63, 3.8) is 0 Å². The van der Waals surface area contributed by atoms with Gasteiger partial charge in [0.05, 0.1) is 6.61 Å². The minimum Gasteiger partial charge on any atom is -0.480 e. The third kappa shape index (κ3) is 2.84. The zero-order valence-corrected chi connectivity index (χ0v) is 9.10. The van der Waals surface area contributed by atoms with E-state index < -0.39 is 18.1 Å². The molecule has 5 heteroatoms. The fourth-order valence-electron chi connectivity index (χ4n) is 1.80. The monoisotopic (exact) mass is 215 g/mol. The number of piperidine rings is 1. The second-order valence-electron chi connectivity index (χ2n) is 3.88. The summed E-state index contributed by atoms with van der Waals surface area (Å²) in [5.74, 6) is -0.605. The summed E-state index contributed by atoms with van der Waals surface area (Å²) in [6.45, 7) is 4.45. The molecule has 0 saturated carbocycles. The molecule has 15 heavy (non-hydrogen) atoms. The summed E-state index contributed by atoms with van der Waals surface area (Å²) in [6, 6.07) is -0.729. The van der Waals surface area contributed by atoms with Gasteiger partial charge in [-0.2, -0.15) is 0 Å². The first-order chi connectivity index (χ1) is 7.06. The molecule has 0 aliphatic carbocycles. The van der Waals surface area contributed by atoms with Crippen molar-refractivity contribution >= 4 is 12.1 Å². The van der Waals surface area contributed by atoms with Gasteiger partial charge in [-0.3, -0.25) is 4.90 Å². The highest BCUT2D eigenvalue weighted by Gasteiger charge is 2.35. The maximum absolute atomic E-state index is 11.5. The summed E-state index contributed by atoms with van der Waals surface area (Å²) in [7, 11) is 0. The van der Waals surface area contributed by atoms with Crippen LogP contribution in [0, 0.1) is 5.92 Å². The Morgan fingerprint density at radius 1 is 1.53 bits per heavy atom. The SMILES string of the molecule is CCOC(=O)N1CCC(C)CC1C(=O)O. The smallest absolute Gasteiger partial charge is 0.410 e. The molecule has 1 N–H and O–H groups in total. The number of nitrogens with zero attached hydrogens (tertiary/aromatic N) is 1. The predicted molar refractivity (Wildman–Crippen MR) is 53.5 cm³/mol. The van der Waals surface area contributed by atoms with E-state index in [1.165, 1.54) is 4.90 Å². The Hall–Kier alpha value is -1.26. The highest BCUT2D eigenvalue weighted by Crippen LogP contribution is 2.23.